The fourth-order valence-electron chi connectivity index (χ4n) is 1.33. The van der Waals surface area contributed by atoms with Gasteiger partial charge in [-0.2, -0.15) is 0 Å². The first-order valence-corrected chi connectivity index (χ1v) is 6.39. The number of hydrogen-bond donors (Lipinski definition) is 6. The van der Waals surface area contributed by atoms with Crippen molar-refractivity contribution >= 4 is 11.9 Å². The second-order valence-corrected chi connectivity index (χ2v) is 3.44. The van der Waals surface area contributed by atoms with Crippen molar-refractivity contribution in [1.29, 1.82) is 0 Å². The van der Waals surface area contributed by atoms with Gasteiger partial charge in [0.25, 0.3) is 0 Å². The Bertz CT molecular complexity index is 228. The Labute approximate surface area is 104 Å². The average molecular weight is 244 g/mol. The Kier molecular flexibility index (Phi) is 10.1. The van der Waals surface area contributed by atoms with Crippen molar-refractivity contribution in [1.82, 2.24) is 21.3 Å². The predicted molar refractivity (Wildman–Crippen MR) is 71.8 cm³/mol. The highest BCUT2D eigenvalue weighted by Crippen LogP contribution is 1.56. The number of hydrogen-bond acceptors (Lipinski definition) is 0. The first-order chi connectivity index (χ1) is 8.28. The van der Waals surface area contributed by atoms with Gasteiger partial charge in [-0.25, -0.2) is 0 Å². The van der Waals surface area contributed by atoms with Gasteiger partial charge in [0.2, 0.25) is 0 Å². The molecule has 0 fully saturated rings. The zero-order valence-electron chi connectivity index (χ0n) is 11.5. The van der Waals surface area contributed by atoms with E-state index in [1.807, 2.05) is 7.05 Å². The van der Waals surface area contributed by atoms with Gasteiger partial charge < -0.3 is 0 Å². The second kappa shape index (κ2) is 11.0. The Hall–Kier alpha value is -1.46. The van der Waals surface area contributed by atoms with Crippen molar-refractivity contribution in [3.8, 4) is 0 Å². The van der Waals surface area contributed by atoms with Crippen molar-refractivity contribution in [2.75, 3.05) is 39.8 Å². The van der Waals surface area contributed by atoms with Crippen LogP contribution >= 0.6 is 0 Å². The van der Waals surface area contributed by atoms with Gasteiger partial charge in [-0.1, -0.05) is 0 Å². The molecule has 17 heavy (non-hydrogen) atoms. The maximum Gasteiger partial charge on any atom is 0.343 e. The summed E-state index contributed by atoms with van der Waals surface area (Å²) in [4.78, 5) is 6.38. The minimum atomic E-state index is 0.851. The van der Waals surface area contributed by atoms with E-state index in [4.69, 9.17) is 0 Å². The molecule has 0 amide bonds. The predicted octanol–water partition coefficient (Wildman–Crippen LogP) is -4.09. The Morgan fingerprint density at radius 1 is 0.824 bits per heavy atom. The Balaban J connectivity index is 3.88. The highest BCUT2D eigenvalue weighted by atomic mass is 15.2. The van der Waals surface area contributed by atoms with Gasteiger partial charge in [0.1, 0.15) is 0 Å². The normalized spacial score (nSPS) is 10.7. The van der Waals surface area contributed by atoms with Crippen LogP contribution in [-0.2, 0) is 0 Å². The third kappa shape index (κ3) is 8.36. The molecule has 0 aliphatic carbocycles. The molecule has 0 atom stereocenters. The number of guanidine groups is 2. The lowest BCUT2D eigenvalue weighted by molar-refractivity contribution is -0.460. The maximum atomic E-state index is 3.31. The molecular formula is C11H28N6+2. The van der Waals surface area contributed by atoms with Crippen molar-refractivity contribution in [3.63, 3.8) is 0 Å². The second-order valence-electron chi connectivity index (χ2n) is 3.44. The molecule has 0 aliphatic rings. The van der Waals surface area contributed by atoms with Gasteiger partial charge in [0, 0.05) is 0 Å². The lowest BCUT2D eigenvalue weighted by Gasteiger charge is -2.03. The minimum Gasteiger partial charge on any atom is -0.281 e. The summed E-state index contributed by atoms with van der Waals surface area (Å²) < 4.78 is 0. The Morgan fingerprint density at radius 3 is 1.82 bits per heavy atom. The molecular weight excluding hydrogens is 216 g/mol. The summed E-state index contributed by atoms with van der Waals surface area (Å²) in [6.07, 6.45) is 0. The smallest absolute Gasteiger partial charge is 0.281 e. The van der Waals surface area contributed by atoms with Crippen LogP contribution in [-0.4, -0.2) is 51.7 Å². The molecule has 0 aliphatic heterocycles. The summed E-state index contributed by atoms with van der Waals surface area (Å²) in [6, 6.07) is 0. The van der Waals surface area contributed by atoms with E-state index in [9.17, 15) is 0 Å². The third-order valence-electron chi connectivity index (χ3n) is 2.04. The monoisotopic (exact) mass is 244 g/mol. The van der Waals surface area contributed by atoms with E-state index >= 15 is 0 Å². The molecule has 0 saturated carbocycles. The van der Waals surface area contributed by atoms with Crippen molar-refractivity contribution < 1.29 is 9.98 Å². The van der Waals surface area contributed by atoms with Gasteiger partial charge in [0.05, 0.1) is 39.8 Å². The van der Waals surface area contributed by atoms with Crippen molar-refractivity contribution in [3.05, 3.63) is 0 Å². The zero-order valence-corrected chi connectivity index (χ0v) is 11.5. The van der Waals surface area contributed by atoms with E-state index in [1.165, 1.54) is 0 Å². The van der Waals surface area contributed by atoms with E-state index in [2.05, 4.69) is 52.0 Å². The van der Waals surface area contributed by atoms with Crippen LogP contribution in [0, 0.1) is 0 Å². The van der Waals surface area contributed by atoms with Gasteiger partial charge in [-0.3, -0.25) is 31.3 Å². The summed E-state index contributed by atoms with van der Waals surface area (Å²) in [5.74, 6) is 1.95. The lowest BCUT2D eigenvalue weighted by atomic mass is 10.6. The van der Waals surface area contributed by atoms with Crippen LogP contribution in [0.2, 0.25) is 0 Å². The van der Waals surface area contributed by atoms with Crippen LogP contribution in [0.5, 0.6) is 0 Å². The summed E-state index contributed by atoms with van der Waals surface area (Å²) in [5.41, 5.74) is 0. The molecule has 6 nitrogen and oxygen atoms in total. The molecule has 6 N–H and O–H groups in total. The fraction of sp³-hybridized carbons (Fsp3) is 0.818. The maximum absolute atomic E-state index is 3.31. The first-order valence-electron chi connectivity index (χ1n) is 6.39. The zero-order chi connectivity index (χ0) is 12.9. The molecule has 0 unspecified atom stereocenters. The highest BCUT2D eigenvalue weighted by molar-refractivity contribution is 5.74. The Morgan fingerprint density at radius 2 is 1.35 bits per heavy atom. The molecule has 0 bridgehead atoms. The molecule has 0 rings (SSSR count). The van der Waals surface area contributed by atoms with E-state index < -0.39 is 0 Å². The molecule has 0 radical (unpaired) electrons. The summed E-state index contributed by atoms with van der Waals surface area (Å²) >= 11 is 0. The SMILES string of the molecule is CCNC(NCC[NH+]=C(NCC)NCC)=[NH+]C. The topological polar surface area (TPSA) is 76.1 Å². The van der Waals surface area contributed by atoms with E-state index in [0.29, 0.717) is 0 Å². The number of nitrogens with one attached hydrogen (secondary N) is 6. The first kappa shape index (κ1) is 15.5. The number of rotatable bonds is 6. The molecule has 0 spiro atoms. The molecule has 0 aromatic rings. The van der Waals surface area contributed by atoms with Crippen LogP contribution < -0.4 is 31.3 Å². The fourth-order valence-corrected chi connectivity index (χ4v) is 1.33. The van der Waals surface area contributed by atoms with Gasteiger partial charge in [-0.15, -0.1) is 0 Å². The minimum absolute atomic E-state index is 0.851. The quantitative estimate of drug-likeness (QED) is 0.163. The van der Waals surface area contributed by atoms with E-state index in [-0.39, 0.29) is 0 Å². The molecule has 100 valence electrons. The summed E-state index contributed by atoms with van der Waals surface area (Å²) in [6.45, 7) is 10.7. The van der Waals surface area contributed by atoms with Gasteiger partial charge >= 0.3 is 11.9 Å². The summed E-state index contributed by atoms with van der Waals surface area (Å²) in [7, 11) is 1.90. The highest BCUT2D eigenvalue weighted by Gasteiger charge is 2.03. The summed E-state index contributed by atoms with van der Waals surface area (Å²) in [5, 5.41) is 13.0. The van der Waals surface area contributed by atoms with Crippen molar-refractivity contribution in [2.24, 2.45) is 0 Å². The third-order valence-corrected chi connectivity index (χ3v) is 2.04. The molecule has 0 heterocycles. The van der Waals surface area contributed by atoms with Crippen molar-refractivity contribution in [2.45, 2.75) is 20.8 Å². The van der Waals surface area contributed by atoms with Gasteiger partial charge in [0.15, 0.2) is 0 Å². The van der Waals surface area contributed by atoms with Gasteiger partial charge in [-0.05, 0) is 20.8 Å². The molecule has 0 aromatic carbocycles. The average Bonchev–Trinajstić information content (AvgIpc) is 2.33. The molecule has 6 heteroatoms. The van der Waals surface area contributed by atoms with E-state index in [0.717, 1.165) is 44.6 Å². The van der Waals surface area contributed by atoms with Crippen LogP contribution in [0.4, 0.5) is 0 Å². The lowest BCUT2D eigenvalue weighted by Crippen LogP contribution is -2.82. The standard InChI is InChI=1S/C11H26N6/c1-5-13-10(12-4)16-8-9-17-11(14-6-2)15-7-3/h5-9H2,1-4H3,(H2,12,13,16)(H2,14,15,17)/p+2. The van der Waals surface area contributed by atoms with Crippen LogP contribution in [0.3, 0.4) is 0 Å². The molecule has 0 saturated heterocycles. The van der Waals surface area contributed by atoms with E-state index in [1.54, 1.807) is 0 Å². The largest absolute Gasteiger partial charge is 0.343 e. The van der Waals surface area contributed by atoms with Crippen LogP contribution in [0.15, 0.2) is 0 Å². The van der Waals surface area contributed by atoms with Crippen LogP contribution in [0.25, 0.3) is 0 Å². The molecule has 0 aromatic heterocycles. The van der Waals surface area contributed by atoms with Crippen LogP contribution in [0.1, 0.15) is 20.8 Å².